The topological polar surface area (TPSA) is 55.7 Å². The van der Waals surface area contributed by atoms with Crippen LogP contribution in [0.15, 0.2) is 170 Å². The van der Waals surface area contributed by atoms with Crippen LogP contribution in [0, 0.1) is 0 Å². The van der Waals surface area contributed by atoms with Crippen molar-refractivity contribution >= 4 is 23.2 Å². The molecule has 0 bridgehead atoms. The summed E-state index contributed by atoms with van der Waals surface area (Å²) >= 11 is 0. The molecule has 240 valence electrons. The highest BCUT2D eigenvalue weighted by molar-refractivity contribution is 7.70. The Morgan fingerprint density at radius 3 is 1.06 bits per heavy atom. The lowest BCUT2D eigenvalue weighted by molar-refractivity contribution is 0.588. The Hall–Kier alpha value is -5.96. The molecule has 0 spiro atoms. The van der Waals surface area contributed by atoms with Crippen molar-refractivity contribution in [3.63, 3.8) is 0 Å². The van der Waals surface area contributed by atoms with Crippen LogP contribution in [0.4, 0.5) is 0 Å². The van der Waals surface area contributed by atoms with Gasteiger partial charge in [-0.25, -0.2) is 15.0 Å². The second-order valence-electron chi connectivity index (χ2n) is 12.8. The first-order valence-corrected chi connectivity index (χ1v) is 19.3. The van der Waals surface area contributed by atoms with Crippen molar-refractivity contribution in [2.45, 2.75) is 0 Å². The molecule has 0 atom stereocenters. The van der Waals surface area contributed by atoms with Crippen molar-refractivity contribution < 1.29 is 4.57 Å². The maximum atomic E-state index is 12.5. The summed E-state index contributed by atoms with van der Waals surface area (Å²) in [5, 5.41) is 3.29. The lowest BCUT2D eigenvalue weighted by Gasteiger charge is -2.13. The summed E-state index contributed by atoms with van der Waals surface area (Å²) < 4.78 is 12.5. The zero-order valence-corrected chi connectivity index (χ0v) is 28.8. The molecular formula is C45H34N3OP. The zero-order chi connectivity index (χ0) is 34.1. The first kappa shape index (κ1) is 31.3. The van der Waals surface area contributed by atoms with Gasteiger partial charge in [0.15, 0.2) is 17.5 Å². The molecule has 8 rings (SSSR count). The van der Waals surface area contributed by atoms with E-state index in [1.165, 1.54) is 21.9 Å². The molecular weight excluding hydrogens is 629 g/mol. The fourth-order valence-electron chi connectivity index (χ4n) is 6.39. The van der Waals surface area contributed by atoms with E-state index in [9.17, 15) is 4.57 Å². The largest absolute Gasteiger partial charge is 0.319 e. The molecule has 0 aliphatic carbocycles. The third-order valence-electron chi connectivity index (χ3n) is 9.10. The van der Waals surface area contributed by atoms with Crippen LogP contribution >= 0.6 is 7.14 Å². The summed E-state index contributed by atoms with van der Waals surface area (Å²) in [5.74, 6) is 1.94. The highest BCUT2D eigenvalue weighted by Gasteiger charge is 2.15. The highest BCUT2D eigenvalue weighted by atomic mass is 31.2. The third kappa shape index (κ3) is 6.30. The molecule has 1 aromatic heterocycles. The van der Waals surface area contributed by atoms with Crippen molar-refractivity contribution in [3.8, 4) is 67.5 Å². The van der Waals surface area contributed by atoms with E-state index in [0.29, 0.717) is 17.5 Å². The van der Waals surface area contributed by atoms with Gasteiger partial charge in [-0.15, -0.1) is 0 Å². The minimum atomic E-state index is -2.28. The molecule has 4 nitrogen and oxygen atoms in total. The number of benzene rings is 7. The minimum Gasteiger partial charge on any atom is -0.319 e. The molecule has 0 saturated heterocycles. The van der Waals surface area contributed by atoms with Crippen LogP contribution in [-0.2, 0) is 4.57 Å². The maximum Gasteiger partial charge on any atom is 0.164 e. The van der Waals surface area contributed by atoms with Gasteiger partial charge in [0.1, 0.15) is 7.14 Å². The average Bonchev–Trinajstić information content (AvgIpc) is 3.18. The minimum absolute atomic E-state index is 0.638. The quantitative estimate of drug-likeness (QED) is 0.159. The number of rotatable bonds is 7. The molecule has 0 amide bonds. The normalized spacial score (nSPS) is 11.5. The van der Waals surface area contributed by atoms with Gasteiger partial charge in [0.25, 0.3) is 0 Å². The van der Waals surface area contributed by atoms with Crippen LogP contribution in [0.5, 0.6) is 0 Å². The van der Waals surface area contributed by atoms with E-state index in [1.807, 2.05) is 86.1 Å². The Morgan fingerprint density at radius 2 is 0.660 bits per heavy atom. The predicted molar refractivity (Wildman–Crippen MR) is 209 cm³/mol. The van der Waals surface area contributed by atoms with Crippen molar-refractivity contribution in [1.82, 2.24) is 15.0 Å². The molecule has 1 heterocycles. The monoisotopic (exact) mass is 663 g/mol. The summed E-state index contributed by atoms with van der Waals surface area (Å²) in [6.45, 7) is 3.61. The average molecular weight is 664 g/mol. The van der Waals surface area contributed by atoms with Crippen molar-refractivity contribution in [2.24, 2.45) is 0 Å². The number of nitrogens with zero attached hydrogens (tertiary/aromatic N) is 3. The summed E-state index contributed by atoms with van der Waals surface area (Å²) in [4.78, 5) is 14.6. The van der Waals surface area contributed by atoms with E-state index in [4.69, 9.17) is 15.0 Å². The van der Waals surface area contributed by atoms with Gasteiger partial charge < -0.3 is 4.57 Å². The Labute approximate surface area is 292 Å². The van der Waals surface area contributed by atoms with Crippen LogP contribution in [0.25, 0.3) is 78.3 Å². The molecule has 7 aromatic carbocycles. The van der Waals surface area contributed by atoms with Gasteiger partial charge in [0.2, 0.25) is 0 Å². The van der Waals surface area contributed by atoms with E-state index in [1.54, 1.807) is 0 Å². The summed E-state index contributed by atoms with van der Waals surface area (Å²) in [5.41, 5.74) is 9.72. The fourth-order valence-corrected chi connectivity index (χ4v) is 7.26. The standard InChI is InChI=1S/C45H34N3OP/c1-50(2,49)38-27-25-32(26-28-38)31-17-19-33(20-18-31)39-29-30-40(42-16-10-9-15-41(39)42)34-21-23-37(24-22-34)45-47-43(35-11-5-3-6-12-35)46-44(48-45)36-13-7-4-8-14-36/h3-30H,1-2H3. The second-order valence-corrected chi connectivity index (χ2v) is 16.0. The van der Waals surface area contributed by atoms with Gasteiger partial charge in [0.05, 0.1) is 0 Å². The lowest BCUT2D eigenvalue weighted by Crippen LogP contribution is -2.01. The summed E-state index contributed by atoms with van der Waals surface area (Å²) in [7, 11) is -2.28. The molecule has 8 aromatic rings. The van der Waals surface area contributed by atoms with Gasteiger partial charge in [-0.1, -0.05) is 170 Å². The van der Waals surface area contributed by atoms with E-state index in [2.05, 4.69) is 97.1 Å². The predicted octanol–water partition coefficient (Wildman–Crippen LogP) is 11.3. The third-order valence-corrected chi connectivity index (χ3v) is 10.6. The molecule has 0 aliphatic rings. The number of fused-ring (bicyclic) bond motifs is 1. The molecule has 50 heavy (non-hydrogen) atoms. The molecule has 0 saturated carbocycles. The van der Waals surface area contributed by atoms with Crippen molar-refractivity contribution in [2.75, 3.05) is 13.3 Å². The maximum absolute atomic E-state index is 12.5. The second kappa shape index (κ2) is 13.2. The number of hydrogen-bond acceptors (Lipinski definition) is 4. The highest BCUT2D eigenvalue weighted by Crippen LogP contribution is 2.38. The lowest BCUT2D eigenvalue weighted by atomic mass is 9.91. The Balaban J connectivity index is 1.12. The number of hydrogen-bond donors (Lipinski definition) is 0. The van der Waals surface area contributed by atoms with Gasteiger partial charge in [-0.3, -0.25) is 0 Å². The fraction of sp³-hybridized carbons (Fsp3) is 0.0444. The smallest absolute Gasteiger partial charge is 0.164 e. The van der Waals surface area contributed by atoms with Gasteiger partial charge in [-0.2, -0.15) is 0 Å². The molecule has 0 radical (unpaired) electrons. The van der Waals surface area contributed by atoms with E-state index in [0.717, 1.165) is 44.2 Å². The first-order chi connectivity index (χ1) is 24.4. The van der Waals surface area contributed by atoms with Crippen LogP contribution in [-0.4, -0.2) is 28.3 Å². The van der Waals surface area contributed by atoms with Crippen LogP contribution < -0.4 is 5.30 Å². The van der Waals surface area contributed by atoms with Gasteiger partial charge >= 0.3 is 0 Å². The van der Waals surface area contributed by atoms with Gasteiger partial charge in [-0.05, 0) is 57.5 Å². The Kier molecular flexibility index (Phi) is 8.24. The van der Waals surface area contributed by atoms with E-state index >= 15 is 0 Å². The Bertz CT molecular complexity index is 2430. The molecule has 0 aliphatic heterocycles. The summed E-state index contributed by atoms with van der Waals surface area (Å²) in [6, 6.07) is 58.4. The molecule has 0 fully saturated rings. The molecule has 5 heteroatoms. The Morgan fingerprint density at radius 1 is 0.340 bits per heavy atom. The molecule has 0 unspecified atom stereocenters. The van der Waals surface area contributed by atoms with Crippen LogP contribution in [0.1, 0.15) is 0 Å². The first-order valence-electron chi connectivity index (χ1n) is 16.7. The van der Waals surface area contributed by atoms with E-state index < -0.39 is 7.14 Å². The summed E-state index contributed by atoms with van der Waals surface area (Å²) in [6.07, 6.45) is 0. The van der Waals surface area contributed by atoms with Crippen LogP contribution in [0.2, 0.25) is 0 Å². The zero-order valence-electron chi connectivity index (χ0n) is 27.9. The van der Waals surface area contributed by atoms with Gasteiger partial charge in [0, 0.05) is 22.0 Å². The number of aromatic nitrogens is 3. The van der Waals surface area contributed by atoms with E-state index in [-0.39, 0.29) is 0 Å². The van der Waals surface area contributed by atoms with Crippen LogP contribution in [0.3, 0.4) is 0 Å². The van der Waals surface area contributed by atoms with Crippen molar-refractivity contribution in [1.29, 1.82) is 0 Å². The van der Waals surface area contributed by atoms with Crippen molar-refractivity contribution in [3.05, 3.63) is 170 Å². The molecule has 0 N–H and O–H groups in total. The SMILES string of the molecule is CP(C)(=O)c1ccc(-c2ccc(-c3ccc(-c4ccc(-c5nc(-c6ccccc6)nc(-c6ccccc6)n5)cc4)c4ccccc34)cc2)cc1.